The third kappa shape index (κ3) is 3.46. The van der Waals surface area contributed by atoms with E-state index in [0.29, 0.717) is 12.1 Å². The molecule has 18 heavy (non-hydrogen) atoms. The van der Waals surface area contributed by atoms with Gasteiger partial charge in [-0.1, -0.05) is 6.92 Å². The lowest BCUT2D eigenvalue weighted by Crippen LogP contribution is -2.62. The molecule has 0 aliphatic carbocycles. The Morgan fingerprint density at radius 1 is 1.17 bits per heavy atom. The molecular formula is C15H33N3. The molecular weight excluding hydrogens is 222 g/mol. The van der Waals surface area contributed by atoms with Crippen LogP contribution in [0.1, 0.15) is 53.9 Å². The first-order chi connectivity index (χ1) is 8.46. The predicted molar refractivity (Wildman–Crippen MR) is 79.9 cm³/mol. The molecule has 3 nitrogen and oxygen atoms in total. The molecule has 0 radical (unpaired) electrons. The Hall–Kier alpha value is -0.120. The van der Waals surface area contributed by atoms with Gasteiger partial charge in [-0.05, 0) is 53.5 Å². The largest absolute Gasteiger partial charge is 0.329 e. The highest BCUT2D eigenvalue weighted by atomic mass is 15.3. The van der Waals surface area contributed by atoms with Gasteiger partial charge in [0.25, 0.3) is 0 Å². The fourth-order valence-corrected chi connectivity index (χ4v) is 3.35. The molecule has 1 rings (SSSR count). The molecule has 1 saturated heterocycles. The van der Waals surface area contributed by atoms with Crippen molar-refractivity contribution in [1.82, 2.24) is 9.80 Å². The molecule has 0 aromatic rings. The summed E-state index contributed by atoms with van der Waals surface area (Å²) in [5.74, 6) is 0. The zero-order valence-electron chi connectivity index (χ0n) is 13.1. The van der Waals surface area contributed by atoms with Crippen molar-refractivity contribution in [1.29, 1.82) is 0 Å². The van der Waals surface area contributed by atoms with Gasteiger partial charge in [0.2, 0.25) is 0 Å². The maximum atomic E-state index is 6.17. The van der Waals surface area contributed by atoms with Gasteiger partial charge in [0, 0.05) is 37.3 Å². The third-order valence-corrected chi connectivity index (χ3v) is 4.54. The summed E-state index contributed by atoms with van der Waals surface area (Å²) < 4.78 is 0. The molecule has 0 unspecified atom stereocenters. The topological polar surface area (TPSA) is 32.5 Å². The van der Waals surface area contributed by atoms with E-state index < -0.39 is 0 Å². The molecule has 0 aromatic heterocycles. The second kappa shape index (κ2) is 6.88. The molecule has 0 atom stereocenters. The molecule has 0 amide bonds. The third-order valence-electron chi connectivity index (χ3n) is 4.54. The highest BCUT2D eigenvalue weighted by Gasteiger charge is 2.39. The minimum Gasteiger partial charge on any atom is -0.329 e. The van der Waals surface area contributed by atoms with Gasteiger partial charge >= 0.3 is 0 Å². The summed E-state index contributed by atoms with van der Waals surface area (Å²) in [6, 6.07) is 1.26. The second-order valence-electron chi connectivity index (χ2n) is 6.35. The number of hydrogen-bond acceptors (Lipinski definition) is 3. The Kier molecular flexibility index (Phi) is 6.09. The quantitative estimate of drug-likeness (QED) is 0.790. The lowest BCUT2D eigenvalue weighted by molar-refractivity contribution is -0.00129. The highest BCUT2D eigenvalue weighted by molar-refractivity contribution is 4.97. The van der Waals surface area contributed by atoms with Gasteiger partial charge in [0.1, 0.15) is 0 Å². The van der Waals surface area contributed by atoms with Crippen LogP contribution in [0.3, 0.4) is 0 Å². The van der Waals surface area contributed by atoms with Crippen LogP contribution in [0.4, 0.5) is 0 Å². The van der Waals surface area contributed by atoms with Crippen molar-refractivity contribution in [2.75, 3.05) is 26.2 Å². The Bertz CT molecular complexity index is 230. The molecule has 0 spiro atoms. The molecule has 0 bridgehead atoms. The van der Waals surface area contributed by atoms with Crippen LogP contribution >= 0.6 is 0 Å². The van der Waals surface area contributed by atoms with Crippen LogP contribution < -0.4 is 5.73 Å². The summed E-state index contributed by atoms with van der Waals surface area (Å²) in [5, 5.41) is 0. The maximum absolute atomic E-state index is 6.17. The van der Waals surface area contributed by atoms with Crippen molar-refractivity contribution >= 4 is 0 Å². The molecule has 3 heteroatoms. The lowest BCUT2D eigenvalue weighted by atomic mass is 9.84. The van der Waals surface area contributed by atoms with E-state index in [9.17, 15) is 0 Å². The molecule has 1 aliphatic heterocycles. The first-order valence-corrected chi connectivity index (χ1v) is 7.67. The van der Waals surface area contributed by atoms with Gasteiger partial charge < -0.3 is 10.6 Å². The summed E-state index contributed by atoms with van der Waals surface area (Å²) in [5.41, 5.74) is 6.41. The highest BCUT2D eigenvalue weighted by Crippen LogP contribution is 2.30. The Morgan fingerprint density at radius 3 is 2.06 bits per heavy atom. The van der Waals surface area contributed by atoms with Gasteiger partial charge in [-0.15, -0.1) is 0 Å². The van der Waals surface area contributed by atoms with E-state index in [1.165, 1.54) is 38.9 Å². The van der Waals surface area contributed by atoms with E-state index in [-0.39, 0.29) is 5.54 Å². The molecule has 0 saturated carbocycles. The Morgan fingerprint density at radius 2 is 1.72 bits per heavy atom. The monoisotopic (exact) mass is 255 g/mol. The summed E-state index contributed by atoms with van der Waals surface area (Å²) in [4.78, 5) is 5.24. The van der Waals surface area contributed by atoms with E-state index in [2.05, 4.69) is 44.4 Å². The van der Waals surface area contributed by atoms with Crippen LogP contribution in [0, 0.1) is 0 Å². The number of rotatable bonds is 6. The molecule has 1 fully saturated rings. The van der Waals surface area contributed by atoms with Gasteiger partial charge in [0.15, 0.2) is 0 Å². The Labute approximate surface area is 114 Å². The Balaban J connectivity index is 2.74. The minimum absolute atomic E-state index is 0.246. The van der Waals surface area contributed by atoms with Crippen molar-refractivity contribution in [2.24, 2.45) is 5.73 Å². The van der Waals surface area contributed by atoms with Crippen LogP contribution in [0.15, 0.2) is 0 Å². The van der Waals surface area contributed by atoms with Crippen molar-refractivity contribution in [3.63, 3.8) is 0 Å². The average molecular weight is 255 g/mol. The fraction of sp³-hybridized carbons (Fsp3) is 1.00. The lowest BCUT2D eigenvalue weighted by Gasteiger charge is -2.51. The van der Waals surface area contributed by atoms with Crippen LogP contribution in [0.5, 0.6) is 0 Å². The predicted octanol–water partition coefficient (Wildman–Crippen LogP) is 2.31. The van der Waals surface area contributed by atoms with Crippen molar-refractivity contribution in [3.8, 4) is 0 Å². The van der Waals surface area contributed by atoms with Crippen molar-refractivity contribution in [3.05, 3.63) is 0 Å². The normalized spacial score (nSPS) is 21.2. The number of nitrogens with two attached hydrogens (primary N) is 1. The van der Waals surface area contributed by atoms with Crippen LogP contribution in [0.25, 0.3) is 0 Å². The second-order valence-corrected chi connectivity index (χ2v) is 6.35. The van der Waals surface area contributed by atoms with Gasteiger partial charge in [0.05, 0.1) is 0 Å². The van der Waals surface area contributed by atoms with Gasteiger partial charge in [-0.25, -0.2) is 0 Å². The van der Waals surface area contributed by atoms with Gasteiger partial charge in [-0.3, -0.25) is 4.90 Å². The molecule has 108 valence electrons. The fourth-order valence-electron chi connectivity index (χ4n) is 3.35. The first-order valence-electron chi connectivity index (χ1n) is 7.67. The van der Waals surface area contributed by atoms with E-state index in [1.807, 2.05) is 0 Å². The average Bonchev–Trinajstić information content (AvgIpc) is 2.35. The standard InChI is InChI=1S/C15H33N3/c1-6-9-18(14(4)5)15(12-16)7-10-17(11-8-15)13(2)3/h13-14H,6-12,16H2,1-5H3. The maximum Gasteiger partial charge on any atom is 0.0358 e. The molecule has 1 aliphatic rings. The minimum atomic E-state index is 0.246. The summed E-state index contributed by atoms with van der Waals surface area (Å²) in [6.45, 7) is 15.8. The van der Waals surface area contributed by atoms with E-state index in [4.69, 9.17) is 5.73 Å². The summed E-state index contributed by atoms with van der Waals surface area (Å²) >= 11 is 0. The number of piperidine rings is 1. The number of likely N-dealkylation sites (tertiary alicyclic amines) is 1. The molecule has 2 N–H and O–H groups in total. The van der Waals surface area contributed by atoms with Gasteiger partial charge in [-0.2, -0.15) is 0 Å². The molecule has 0 aromatic carbocycles. The smallest absolute Gasteiger partial charge is 0.0358 e. The van der Waals surface area contributed by atoms with Crippen LogP contribution in [-0.2, 0) is 0 Å². The summed E-state index contributed by atoms with van der Waals surface area (Å²) in [7, 11) is 0. The summed E-state index contributed by atoms with van der Waals surface area (Å²) in [6.07, 6.45) is 3.66. The molecule has 1 heterocycles. The van der Waals surface area contributed by atoms with E-state index in [1.54, 1.807) is 0 Å². The van der Waals surface area contributed by atoms with Crippen molar-refractivity contribution in [2.45, 2.75) is 71.5 Å². The van der Waals surface area contributed by atoms with Crippen LogP contribution in [-0.4, -0.2) is 53.6 Å². The van der Waals surface area contributed by atoms with Crippen LogP contribution in [0.2, 0.25) is 0 Å². The zero-order chi connectivity index (χ0) is 13.8. The van der Waals surface area contributed by atoms with Crippen molar-refractivity contribution < 1.29 is 0 Å². The zero-order valence-corrected chi connectivity index (χ0v) is 13.1. The SMILES string of the molecule is CCCN(C(C)C)C1(CN)CCN(C(C)C)CC1. The number of nitrogens with zero attached hydrogens (tertiary/aromatic N) is 2. The first kappa shape index (κ1) is 15.9. The van der Waals surface area contributed by atoms with E-state index >= 15 is 0 Å². The number of hydrogen-bond donors (Lipinski definition) is 1. The van der Waals surface area contributed by atoms with E-state index in [0.717, 1.165) is 6.54 Å².